The van der Waals surface area contributed by atoms with Gasteiger partial charge in [0.15, 0.2) is 0 Å². The van der Waals surface area contributed by atoms with Gasteiger partial charge in [-0.3, -0.25) is 4.79 Å². The van der Waals surface area contributed by atoms with Crippen molar-refractivity contribution < 1.29 is 14.3 Å². The quantitative estimate of drug-likeness (QED) is 0.943. The van der Waals surface area contributed by atoms with Gasteiger partial charge >= 0.3 is 0 Å². The first-order valence-electron chi connectivity index (χ1n) is 7.31. The van der Waals surface area contributed by atoms with E-state index in [1.807, 2.05) is 12.1 Å². The van der Waals surface area contributed by atoms with Gasteiger partial charge in [-0.15, -0.1) is 0 Å². The van der Waals surface area contributed by atoms with Gasteiger partial charge in [0.1, 0.15) is 11.5 Å². The van der Waals surface area contributed by atoms with Crippen LogP contribution in [0.1, 0.15) is 11.1 Å². The first-order valence-corrected chi connectivity index (χ1v) is 7.31. The third-order valence-corrected chi connectivity index (χ3v) is 4.09. The van der Waals surface area contributed by atoms with Crippen molar-refractivity contribution in [2.24, 2.45) is 5.92 Å². The zero-order valence-electron chi connectivity index (χ0n) is 12.8. The maximum atomic E-state index is 12.5. The maximum Gasteiger partial charge on any atom is 0.228 e. The van der Waals surface area contributed by atoms with Gasteiger partial charge in [0.2, 0.25) is 5.91 Å². The second kappa shape index (κ2) is 6.10. The highest BCUT2D eigenvalue weighted by Crippen LogP contribution is 2.31. The van der Waals surface area contributed by atoms with Crippen molar-refractivity contribution in [1.82, 2.24) is 0 Å². The minimum Gasteiger partial charge on any atom is -0.497 e. The first-order chi connectivity index (χ1) is 10.7. The average Bonchev–Trinajstić information content (AvgIpc) is 2.99. The molecule has 0 bridgehead atoms. The summed E-state index contributed by atoms with van der Waals surface area (Å²) in [5, 5.41) is 2.97. The molecular formula is C18H19NO3. The van der Waals surface area contributed by atoms with Crippen molar-refractivity contribution in [3.05, 3.63) is 53.6 Å². The Morgan fingerprint density at radius 1 is 1.05 bits per heavy atom. The third-order valence-electron chi connectivity index (χ3n) is 4.09. The number of anilines is 1. The summed E-state index contributed by atoms with van der Waals surface area (Å²) in [4.78, 5) is 12.5. The number of nitrogens with one attached hydrogen (secondary N) is 1. The molecular weight excluding hydrogens is 278 g/mol. The Bertz CT molecular complexity index is 671. The van der Waals surface area contributed by atoms with Crippen LogP contribution in [0.3, 0.4) is 0 Å². The standard InChI is InChI=1S/C18H19NO3/c1-21-15-7-8-17(22-2)16(11-15)19-18(20)14-9-12-5-3-4-6-13(12)10-14/h3-8,11,14H,9-10H2,1-2H3,(H,19,20). The Balaban J connectivity index is 1.75. The van der Waals surface area contributed by atoms with Crippen LogP contribution in [-0.4, -0.2) is 20.1 Å². The molecule has 22 heavy (non-hydrogen) atoms. The molecule has 2 aromatic rings. The van der Waals surface area contributed by atoms with Crippen LogP contribution in [0.25, 0.3) is 0 Å². The van der Waals surface area contributed by atoms with E-state index in [9.17, 15) is 4.79 Å². The van der Waals surface area contributed by atoms with Gasteiger partial charge in [0.25, 0.3) is 0 Å². The number of carbonyl (C=O) groups is 1. The molecule has 114 valence electrons. The van der Waals surface area contributed by atoms with Crippen molar-refractivity contribution in [3.8, 4) is 11.5 Å². The highest BCUT2D eigenvalue weighted by Gasteiger charge is 2.27. The lowest BCUT2D eigenvalue weighted by Gasteiger charge is -2.14. The Kier molecular flexibility index (Phi) is 4.00. The van der Waals surface area contributed by atoms with Gasteiger partial charge in [-0.25, -0.2) is 0 Å². The molecule has 0 heterocycles. The zero-order valence-corrected chi connectivity index (χ0v) is 12.8. The van der Waals surface area contributed by atoms with Crippen LogP contribution in [0.2, 0.25) is 0 Å². The fourth-order valence-corrected chi connectivity index (χ4v) is 2.89. The van der Waals surface area contributed by atoms with Crippen LogP contribution in [0.4, 0.5) is 5.69 Å². The number of rotatable bonds is 4. The van der Waals surface area contributed by atoms with E-state index < -0.39 is 0 Å². The van der Waals surface area contributed by atoms with Gasteiger partial charge < -0.3 is 14.8 Å². The van der Waals surface area contributed by atoms with Crippen molar-refractivity contribution in [2.75, 3.05) is 19.5 Å². The number of carbonyl (C=O) groups excluding carboxylic acids is 1. The molecule has 4 heteroatoms. The number of amides is 1. The number of methoxy groups -OCH3 is 2. The van der Waals surface area contributed by atoms with E-state index >= 15 is 0 Å². The molecule has 0 fully saturated rings. The van der Waals surface area contributed by atoms with E-state index in [-0.39, 0.29) is 11.8 Å². The summed E-state index contributed by atoms with van der Waals surface area (Å²) in [6.45, 7) is 0. The molecule has 0 atom stereocenters. The fraction of sp³-hybridized carbons (Fsp3) is 0.278. The molecule has 0 saturated heterocycles. The molecule has 4 nitrogen and oxygen atoms in total. The minimum atomic E-state index is -0.0340. The smallest absolute Gasteiger partial charge is 0.228 e. The van der Waals surface area contributed by atoms with E-state index in [0.29, 0.717) is 17.2 Å². The van der Waals surface area contributed by atoms with Crippen LogP contribution in [0.15, 0.2) is 42.5 Å². The predicted octanol–water partition coefficient (Wildman–Crippen LogP) is 3.06. The largest absolute Gasteiger partial charge is 0.497 e. The van der Waals surface area contributed by atoms with Crippen LogP contribution in [-0.2, 0) is 17.6 Å². The molecule has 3 rings (SSSR count). The fourth-order valence-electron chi connectivity index (χ4n) is 2.89. The molecule has 0 spiro atoms. The molecule has 0 saturated carbocycles. The second-order valence-corrected chi connectivity index (χ2v) is 5.43. The summed E-state index contributed by atoms with van der Waals surface area (Å²) in [5.74, 6) is 1.30. The van der Waals surface area contributed by atoms with Gasteiger partial charge in [0.05, 0.1) is 19.9 Å². The van der Waals surface area contributed by atoms with E-state index in [2.05, 4.69) is 17.4 Å². The SMILES string of the molecule is COc1ccc(OC)c(NC(=O)C2Cc3ccccc3C2)c1. The lowest BCUT2D eigenvalue weighted by atomic mass is 10.1. The van der Waals surface area contributed by atoms with Gasteiger partial charge in [0, 0.05) is 12.0 Å². The molecule has 1 amide bonds. The Hall–Kier alpha value is -2.49. The minimum absolute atomic E-state index is 0.0164. The van der Waals surface area contributed by atoms with Crippen molar-refractivity contribution in [3.63, 3.8) is 0 Å². The second-order valence-electron chi connectivity index (χ2n) is 5.43. The van der Waals surface area contributed by atoms with Crippen LogP contribution >= 0.6 is 0 Å². The van der Waals surface area contributed by atoms with Crippen LogP contribution in [0.5, 0.6) is 11.5 Å². The summed E-state index contributed by atoms with van der Waals surface area (Å²) >= 11 is 0. The topological polar surface area (TPSA) is 47.6 Å². The Morgan fingerprint density at radius 2 is 1.73 bits per heavy atom. The maximum absolute atomic E-state index is 12.5. The van der Waals surface area contributed by atoms with Crippen LogP contribution in [0, 0.1) is 5.92 Å². The van der Waals surface area contributed by atoms with Gasteiger partial charge in [-0.2, -0.15) is 0 Å². The van der Waals surface area contributed by atoms with E-state index in [1.165, 1.54) is 11.1 Å². The van der Waals surface area contributed by atoms with E-state index in [4.69, 9.17) is 9.47 Å². The molecule has 0 aliphatic heterocycles. The number of ether oxygens (including phenoxy) is 2. The first kappa shape index (κ1) is 14.4. The van der Waals surface area contributed by atoms with E-state index in [0.717, 1.165) is 12.8 Å². The average molecular weight is 297 g/mol. The third kappa shape index (κ3) is 2.77. The lowest BCUT2D eigenvalue weighted by Crippen LogP contribution is -2.23. The van der Waals surface area contributed by atoms with Crippen molar-refractivity contribution in [2.45, 2.75) is 12.8 Å². The number of hydrogen-bond donors (Lipinski definition) is 1. The Morgan fingerprint density at radius 3 is 2.32 bits per heavy atom. The van der Waals surface area contributed by atoms with Crippen molar-refractivity contribution >= 4 is 11.6 Å². The lowest BCUT2D eigenvalue weighted by molar-refractivity contribution is -0.119. The Labute approximate surface area is 130 Å². The monoisotopic (exact) mass is 297 g/mol. The molecule has 1 N–H and O–H groups in total. The van der Waals surface area contributed by atoms with Gasteiger partial charge in [-0.05, 0) is 36.1 Å². The highest BCUT2D eigenvalue weighted by molar-refractivity contribution is 5.95. The highest BCUT2D eigenvalue weighted by atomic mass is 16.5. The summed E-state index contributed by atoms with van der Waals surface area (Å²) in [7, 11) is 3.18. The normalized spacial score (nSPS) is 13.5. The van der Waals surface area contributed by atoms with Crippen molar-refractivity contribution in [1.29, 1.82) is 0 Å². The molecule has 2 aromatic carbocycles. The van der Waals surface area contributed by atoms with Crippen LogP contribution < -0.4 is 14.8 Å². The molecule has 1 aliphatic carbocycles. The summed E-state index contributed by atoms with van der Waals surface area (Å²) < 4.78 is 10.5. The summed E-state index contributed by atoms with van der Waals surface area (Å²) in [6, 6.07) is 13.6. The van der Waals surface area contributed by atoms with E-state index in [1.54, 1.807) is 32.4 Å². The predicted molar refractivity (Wildman–Crippen MR) is 85.5 cm³/mol. The summed E-state index contributed by atoms with van der Waals surface area (Å²) in [5.41, 5.74) is 3.17. The number of benzene rings is 2. The summed E-state index contributed by atoms with van der Waals surface area (Å²) in [6.07, 6.45) is 1.57. The molecule has 0 aromatic heterocycles. The molecule has 1 aliphatic rings. The van der Waals surface area contributed by atoms with Gasteiger partial charge in [-0.1, -0.05) is 24.3 Å². The number of hydrogen-bond acceptors (Lipinski definition) is 3. The number of fused-ring (bicyclic) bond motifs is 1. The molecule has 0 radical (unpaired) electrons. The molecule has 0 unspecified atom stereocenters. The zero-order chi connectivity index (χ0) is 15.5.